The summed E-state index contributed by atoms with van der Waals surface area (Å²) in [5.74, 6) is -4.92. The molecule has 1 amide bonds. The zero-order chi connectivity index (χ0) is 21.1. The molecule has 1 aliphatic rings. The van der Waals surface area contributed by atoms with Crippen molar-refractivity contribution in [2.75, 3.05) is 36.4 Å². The highest BCUT2D eigenvalue weighted by molar-refractivity contribution is 5.94. The highest BCUT2D eigenvalue weighted by Crippen LogP contribution is 2.22. The van der Waals surface area contributed by atoms with Gasteiger partial charge >= 0.3 is 0 Å². The maximum Gasteiger partial charge on any atom is 0.269 e. The van der Waals surface area contributed by atoms with Gasteiger partial charge in [-0.25, -0.2) is 13.2 Å². The summed E-state index contributed by atoms with van der Waals surface area (Å²) in [4.78, 5) is 26.6. The molecule has 2 aromatic rings. The molecule has 0 aromatic heterocycles. The Labute approximate surface area is 164 Å². The van der Waals surface area contributed by atoms with Gasteiger partial charge in [0.05, 0.1) is 16.7 Å². The third-order valence-corrected chi connectivity index (χ3v) is 4.96. The first-order chi connectivity index (χ1) is 13.8. The van der Waals surface area contributed by atoms with Crippen LogP contribution in [0.25, 0.3) is 0 Å². The van der Waals surface area contributed by atoms with E-state index in [-0.39, 0.29) is 5.69 Å². The zero-order valence-electron chi connectivity index (χ0n) is 15.6. The van der Waals surface area contributed by atoms with Gasteiger partial charge in [-0.15, -0.1) is 0 Å². The van der Waals surface area contributed by atoms with E-state index in [1.54, 1.807) is 19.1 Å². The molecule has 0 radical (unpaired) electrons. The first kappa shape index (κ1) is 20.6. The van der Waals surface area contributed by atoms with Crippen LogP contribution < -0.4 is 10.2 Å². The fourth-order valence-corrected chi connectivity index (χ4v) is 3.18. The smallest absolute Gasteiger partial charge is 0.269 e. The van der Waals surface area contributed by atoms with Gasteiger partial charge in [-0.05, 0) is 31.2 Å². The minimum atomic E-state index is -1.63. The Morgan fingerprint density at radius 3 is 2.24 bits per heavy atom. The van der Waals surface area contributed by atoms with E-state index in [9.17, 15) is 28.1 Å². The van der Waals surface area contributed by atoms with Crippen molar-refractivity contribution >= 4 is 23.0 Å². The molecule has 1 N–H and O–H groups in total. The number of rotatable bonds is 5. The van der Waals surface area contributed by atoms with Gasteiger partial charge in [0.1, 0.15) is 0 Å². The van der Waals surface area contributed by atoms with Crippen LogP contribution in [-0.2, 0) is 4.79 Å². The first-order valence-electron chi connectivity index (χ1n) is 8.95. The summed E-state index contributed by atoms with van der Waals surface area (Å²) in [5.41, 5.74) is 0.448. The Kier molecular flexibility index (Phi) is 6.02. The summed E-state index contributed by atoms with van der Waals surface area (Å²) < 4.78 is 40.1. The van der Waals surface area contributed by atoms with Crippen LogP contribution in [0.2, 0.25) is 0 Å². The Bertz CT molecular complexity index is 916. The predicted molar refractivity (Wildman–Crippen MR) is 101 cm³/mol. The Balaban J connectivity index is 1.58. The second-order valence-corrected chi connectivity index (χ2v) is 6.68. The number of piperazine rings is 1. The Morgan fingerprint density at radius 1 is 1.03 bits per heavy atom. The number of nitro groups is 1. The third kappa shape index (κ3) is 4.48. The SMILES string of the molecule is C[C@H](C(=O)Nc1ccc(F)c(F)c1F)N1CCN(c2ccc([N+](=O)[O-])cc2)CC1. The molecular weight excluding hydrogens is 389 g/mol. The summed E-state index contributed by atoms with van der Waals surface area (Å²) in [7, 11) is 0. The van der Waals surface area contributed by atoms with E-state index in [1.807, 2.05) is 9.80 Å². The van der Waals surface area contributed by atoms with Crippen LogP contribution in [0.3, 0.4) is 0 Å². The van der Waals surface area contributed by atoms with Crippen LogP contribution in [0.1, 0.15) is 6.92 Å². The van der Waals surface area contributed by atoms with Gasteiger partial charge in [0.15, 0.2) is 17.5 Å². The van der Waals surface area contributed by atoms with E-state index in [4.69, 9.17) is 0 Å². The van der Waals surface area contributed by atoms with Crippen molar-refractivity contribution in [1.29, 1.82) is 0 Å². The lowest BCUT2D eigenvalue weighted by Crippen LogP contribution is -2.52. The third-order valence-electron chi connectivity index (χ3n) is 4.96. The van der Waals surface area contributed by atoms with E-state index in [1.165, 1.54) is 12.1 Å². The number of amides is 1. The summed E-state index contributed by atoms with van der Waals surface area (Å²) >= 11 is 0. The molecule has 3 rings (SSSR count). The van der Waals surface area contributed by atoms with Crippen molar-refractivity contribution in [2.45, 2.75) is 13.0 Å². The molecule has 0 unspecified atom stereocenters. The van der Waals surface area contributed by atoms with Gasteiger partial charge in [0.2, 0.25) is 5.91 Å². The number of nitrogens with one attached hydrogen (secondary N) is 1. The molecule has 1 aliphatic heterocycles. The van der Waals surface area contributed by atoms with Crippen molar-refractivity contribution in [1.82, 2.24) is 4.90 Å². The molecule has 7 nitrogen and oxygen atoms in total. The lowest BCUT2D eigenvalue weighted by atomic mass is 10.2. The highest BCUT2D eigenvalue weighted by Gasteiger charge is 2.27. The average Bonchev–Trinajstić information content (AvgIpc) is 2.73. The van der Waals surface area contributed by atoms with Gasteiger partial charge in [0, 0.05) is 44.0 Å². The van der Waals surface area contributed by atoms with E-state index in [0.29, 0.717) is 26.2 Å². The largest absolute Gasteiger partial charge is 0.369 e. The van der Waals surface area contributed by atoms with Crippen molar-refractivity contribution in [2.24, 2.45) is 0 Å². The predicted octanol–water partition coefficient (Wildman–Crippen LogP) is 3.16. The van der Waals surface area contributed by atoms with E-state index >= 15 is 0 Å². The molecule has 10 heteroatoms. The number of halogens is 3. The van der Waals surface area contributed by atoms with Gasteiger partial charge in [0.25, 0.3) is 5.69 Å². The number of benzene rings is 2. The Morgan fingerprint density at radius 2 is 1.66 bits per heavy atom. The standard InChI is InChI=1S/C19H19F3N4O3/c1-12(19(27)23-16-7-6-15(20)17(21)18(16)22)24-8-10-25(11-9-24)13-2-4-14(5-3-13)26(28)29/h2-7,12H,8-11H2,1H3,(H,23,27)/t12-/m1/s1. The molecule has 1 heterocycles. The molecule has 1 fully saturated rings. The first-order valence-corrected chi connectivity index (χ1v) is 8.95. The summed E-state index contributed by atoms with van der Waals surface area (Å²) in [5, 5.41) is 13.0. The number of nitro benzene ring substituents is 1. The fourth-order valence-electron chi connectivity index (χ4n) is 3.18. The molecule has 0 spiro atoms. The van der Waals surface area contributed by atoms with Gasteiger partial charge in [-0.1, -0.05) is 0 Å². The maximum absolute atomic E-state index is 13.8. The van der Waals surface area contributed by atoms with Crippen LogP contribution in [-0.4, -0.2) is 48.0 Å². The second-order valence-electron chi connectivity index (χ2n) is 6.68. The summed E-state index contributed by atoms with van der Waals surface area (Å²) in [6.45, 7) is 3.90. The van der Waals surface area contributed by atoms with Gasteiger partial charge in [-0.3, -0.25) is 19.8 Å². The monoisotopic (exact) mass is 408 g/mol. The molecular formula is C19H19F3N4O3. The quantitative estimate of drug-likeness (QED) is 0.467. The van der Waals surface area contributed by atoms with Gasteiger partial charge < -0.3 is 10.2 Å². The van der Waals surface area contributed by atoms with Crippen molar-refractivity contribution in [3.8, 4) is 0 Å². The maximum atomic E-state index is 13.8. The zero-order valence-corrected chi connectivity index (χ0v) is 15.6. The molecule has 1 saturated heterocycles. The van der Waals surface area contributed by atoms with Gasteiger partial charge in [-0.2, -0.15) is 0 Å². The number of hydrogen-bond donors (Lipinski definition) is 1. The highest BCUT2D eigenvalue weighted by atomic mass is 19.2. The van der Waals surface area contributed by atoms with Crippen molar-refractivity contribution < 1.29 is 22.9 Å². The van der Waals surface area contributed by atoms with E-state index in [0.717, 1.165) is 17.8 Å². The topological polar surface area (TPSA) is 78.7 Å². The normalized spacial score (nSPS) is 15.8. The van der Waals surface area contributed by atoms with Crippen LogP contribution in [0.4, 0.5) is 30.2 Å². The molecule has 1 atom stereocenters. The minimum Gasteiger partial charge on any atom is -0.369 e. The number of anilines is 2. The van der Waals surface area contributed by atoms with E-state index < -0.39 is 40.0 Å². The molecule has 0 aliphatic carbocycles. The van der Waals surface area contributed by atoms with Crippen molar-refractivity contribution in [3.05, 3.63) is 64.0 Å². The van der Waals surface area contributed by atoms with Crippen LogP contribution in [0, 0.1) is 27.6 Å². The van der Waals surface area contributed by atoms with Crippen molar-refractivity contribution in [3.63, 3.8) is 0 Å². The van der Waals surface area contributed by atoms with Crippen LogP contribution in [0.5, 0.6) is 0 Å². The number of carbonyl (C=O) groups is 1. The molecule has 0 saturated carbocycles. The number of nitrogens with zero attached hydrogens (tertiary/aromatic N) is 3. The molecule has 2 aromatic carbocycles. The minimum absolute atomic E-state index is 0.0159. The fraction of sp³-hybridized carbons (Fsp3) is 0.316. The Hall–Kier alpha value is -3.14. The van der Waals surface area contributed by atoms with Crippen LogP contribution in [0.15, 0.2) is 36.4 Å². The summed E-state index contributed by atoms with van der Waals surface area (Å²) in [6, 6.07) is 7.35. The second kappa shape index (κ2) is 8.48. The molecule has 29 heavy (non-hydrogen) atoms. The lowest BCUT2D eigenvalue weighted by Gasteiger charge is -2.38. The number of non-ortho nitro benzene ring substituents is 1. The lowest BCUT2D eigenvalue weighted by molar-refractivity contribution is -0.384. The van der Waals surface area contributed by atoms with Crippen LogP contribution >= 0.6 is 0 Å². The molecule has 154 valence electrons. The van der Waals surface area contributed by atoms with E-state index in [2.05, 4.69) is 5.32 Å². The number of carbonyl (C=O) groups excluding carboxylic acids is 1. The number of hydrogen-bond acceptors (Lipinski definition) is 5. The summed E-state index contributed by atoms with van der Waals surface area (Å²) in [6.07, 6.45) is 0. The average molecular weight is 408 g/mol. The molecule has 0 bridgehead atoms.